The first-order chi connectivity index (χ1) is 10.5. The Bertz CT molecular complexity index is 769. The molecule has 8 heteroatoms. The molecule has 0 saturated carbocycles. The predicted molar refractivity (Wildman–Crippen MR) is 76.8 cm³/mol. The van der Waals surface area contributed by atoms with E-state index < -0.39 is 29.7 Å². The van der Waals surface area contributed by atoms with Crippen LogP contribution in [0.5, 0.6) is 5.75 Å². The summed E-state index contributed by atoms with van der Waals surface area (Å²) in [6.45, 7) is -0.594. The van der Waals surface area contributed by atoms with Crippen molar-refractivity contribution in [1.29, 1.82) is 0 Å². The molecule has 0 radical (unpaired) electrons. The third kappa shape index (κ3) is 3.48. The summed E-state index contributed by atoms with van der Waals surface area (Å²) in [6.07, 6.45) is 1.37. The zero-order valence-corrected chi connectivity index (χ0v) is 11.6. The van der Waals surface area contributed by atoms with Crippen molar-refractivity contribution in [2.75, 3.05) is 13.7 Å². The number of hydrogen-bond donors (Lipinski definition) is 3. The molecule has 0 atom stereocenters. The Labute approximate surface area is 124 Å². The summed E-state index contributed by atoms with van der Waals surface area (Å²) in [7, 11) is 1.52. The Morgan fingerprint density at radius 2 is 2.18 bits per heavy atom. The van der Waals surface area contributed by atoms with E-state index >= 15 is 0 Å². The number of aliphatic carboxylic acids is 1. The number of amides is 1. The van der Waals surface area contributed by atoms with Gasteiger partial charge in [-0.1, -0.05) is 12.1 Å². The van der Waals surface area contributed by atoms with Crippen molar-refractivity contribution in [2.24, 2.45) is 0 Å². The van der Waals surface area contributed by atoms with Crippen LogP contribution in [0.25, 0.3) is 11.3 Å². The topological polar surface area (TPSA) is 121 Å². The van der Waals surface area contributed by atoms with Gasteiger partial charge in [-0.25, -0.2) is 4.98 Å². The number of ether oxygens (including phenoxy) is 1. The molecule has 2 aromatic rings. The lowest BCUT2D eigenvalue weighted by molar-refractivity contribution is -0.135. The largest absolute Gasteiger partial charge is 0.497 e. The average molecular weight is 303 g/mol. The monoisotopic (exact) mass is 303 g/mol. The molecular formula is C14H13N3O5. The molecule has 1 aromatic heterocycles. The normalized spacial score (nSPS) is 10.0. The lowest BCUT2D eigenvalue weighted by atomic mass is 10.1. The number of aromatic amines is 1. The smallest absolute Gasteiger partial charge is 0.322 e. The van der Waals surface area contributed by atoms with E-state index in [4.69, 9.17) is 9.84 Å². The molecule has 0 bridgehead atoms. The molecule has 3 N–H and O–H groups in total. The van der Waals surface area contributed by atoms with Gasteiger partial charge >= 0.3 is 5.97 Å². The zero-order valence-electron chi connectivity index (χ0n) is 11.6. The molecule has 2 rings (SSSR count). The highest BCUT2D eigenvalue weighted by Gasteiger charge is 2.15. The second-order valence-corrected chi connectivity index (χ2v) is 4.27. The van der Waals surface area contributed by atoms with Crippen molar-refractivity contribution in [2.45, 2.75) is 0 Å². The Morgan fingerprint density at radius 1 is 1.41 bits per heavy atom. The summed E-state index contributed by atoms with van der Waals surface area (Å²) >= 11 is 0. The number of nitrogens with zero attached hydrogens (tertiary/aromatic N) is 1. The first-order valence-electron chi connectivity index (χ1n) is 6.25. The van der Waals surface area contributed by atoms with Crippen LogP contribution >= 0.6 is 0 Å². The molecule has 0 fully saturated rings. The number of aromatic nitrogens is 2. The summed E-state index contributed by atoms with van der Waals surface area (Å²) in [5.41, 5.74) is -0.0991. The Morgan fingerprint density at radius 3 is 2.86 bits per heavy atom. The van der Waals surface area contributed by atoms with E-state index in [9.17, 15) is 14.4 Å². The van der Waals surface area contributed by atoms with Gasteiger partial charge < -0.3 is 20.1 Å². The van der Waals surface area contributed by atoms with Gasteiger partial charge in [-0.2, -0.15) is 0 Å². The van der Waals surface area contributed by atoms with E-state index in [0.29, 0.717) is 17.0 Å². The van der Waals surface area contributed by atoms with Crippen molar-refractivity contribution in [3.05, 3.63) is 46.5 Å². The maximum atomic E-state index is 11.8. The molecule has 8 nitrogen and oxygen atoms in total. The number of carbonyl (C=O) groups is 2. The van der Waals surface area contributed by atoms with Crippen molar-refractivity contribution in [1.82, 2.24) is 15.3 Å². The molecule has 1 aromatic carbocycles. The molecule has 0 aliphatic carbocycles. The summed E-state index contributed by atoms with van der Waals surface area (Å²) in [6, 6.07) is 6.92. The first kappa shape index (κ1) is 15.2. The van der Waals surface area contributed by atoms with Crippen molar-refractivity contribution in [3.63, 3.8) is 0 Å². The fraction of sp³-hybridized carbons (Fsp3) is 0.143. The van der Waals surface area contributed by atoms with E-state index in [-0.39, 0.29) is 0 Å². The van der Waals surface area contributed by atoms with Gasteiger partial charge in [-0.3, -0.25) is 14.4 Å². The van der Waals surface area contributed by atoms with Crippen LogP contribution in [0.15, 0.2) is 35.3 Å². The zero-order chi connectivity index (χ0) is 16.1. The summed E-state index contributed by atoms with van der Waals surface area (Å²) in [5, 5.41) is 10.6. The number of carbonyl (C=O) groups excluding carboxylic acids is 1. The fourth-order valence-corrected chi connectivity index (χ4v) is 1.73. The third-order valence-electron chi connectivity index (χ3n) is 2.77. The SMILES string of the molecule is COc1cccc(-c2c[nH]c(=O)c(C(=O)NCC(=O)O)n2)c1. The molecule has 114 valence electrons. The summed E-state index contributed by atoms with van der Waals surface area (Å²) in [5.74, 6) is -1.47. The van der Waals surface area contributed by atoms with Crippen LogP contribution in [0, 0.1) is 0 Å². The van der Waals surface area contributed by atoms with Gasteiger partial charge in [0.25, 0.3) is 11.5 Å². The third-order valence-corrected chi connectivity index (χ3v) is 2.77. The van der Waals surface area contributed by atoms with Crippen LogP contribution in [0.1, 0.15) is 10.5 Å². The number of nitrogens with one attached hydrogen (secondary N) is 2. The highest BCUT2D eigenvalue weighted by molar-refractivity contribution is 5.94. The highest BCUT2D eigenvalue weighted by Crippen LogP contribution is 2.21. The number of methoxy groups -OCH3 is 1. The quantitative estimate of drug-likeness (QED) is 0.728. The van der Waals surface area contributed by atoms with Gasteiger partial charge in [-0.05, 0) is 12.1 Å². The highest BCUT2D eigenvalue weighted by atomic mass is 16.5. The molecule has 0 aliphatic heterocycles. The number of hydrogen-bond acceptors (Lipinski definition) is 5. The van der Waals surface area contributed by atoms with Crippen LogP contribution in [0.4, 0.5) is 0 Å². The number of rotatable bonds is 5. The number of H-pyrrole nitrogens is 1. The van der Waals surface area contributed by atoms with Crippen molar-refractivity contribution >= 4 is 11.9 Å². The molecule has 0 spiro atoms. The molecule has 0 aliphatic rings. The molecule has 22 heavy (non-hydrogen) atoms. The van der Waals surface area contributed by atoms with Crippen LogP contribution < -0.4 is 15.6 Å². The molecule has 1 amide bonds. The molecular weight excluding hydrogens is 290 g/mol. The molecule has 0 unspecified atom stereocenters. The lowest BCUT2D eigenvalue weighted by Gasteiger charge is -2.06. The number of benzene rings is 1. The van der Waals surface area contributed by atoms with Crippen LogP contribution in [-0.4, -0.2) is 40.6 Å². The maximum Gasteiger partial charge on any atom is 0.322 e. The standard InChI is InChI=1S/C14H13N3O5/c1-22-9-4-2-3-8(5-9)10-6-15-13(20)12(17-10)14(21)16-7-11(18)19/h2-6H,7H2,1H3,(H,15,20)(H,16,21)(H,18,19). The van der Waals surface area contributed by atoms with E-state index in [1.54, 1.807) is 24.3 Å². The van der Waals surface area contributed by atoms with Gasteiger partial charge in [0.15, 0.2) is 5.69 Å². The van der Waals surface area contributed by atoms with E-state index in [2.05, 4.69) is 15.3 Å². The lowest BCUT2D eigenvalue weighted by Crippen LogP contribution is -2.34. The molecule has 0 saturated heterocycles. The van der Waals surface area contributed by atoms with E-state index in [1.807, 2.05) is 0 Å². The predicted octanol–water partition coefficient (Wildman–Crippen LogP) is 0.260. The van der Waals surface area contributed by atoms with Crippen LogP contribution in [-0.2, 0) is 4.79 Å². The van der Waals surface area contributed by atoms with E-state index in [1.165, 1.54) is 13.3 Å². The van der Waals surface area contributed by atoms with E-state index in [0.717, 1.165) is 0 Å². The summed E-state index contributed by atoms with van der Waals surface area (Å²) < 4.78 is 5.10. The van der Waals surface area contributed by atoms with Gasteiger partial charge in [0, 0.05) is 11.8 Å². The maximum absolute atomic E-state index is 11.8. The summed E-state index contributed by atoms with van der Waals surface area (Å²) in [4.78, 5) is 40.3. The second kappa shape index (κ2) is 6.53. The second-order valence-electron chi connectivity index (χ2n) is 4.27. The van der Waals surface area contributed by atoms with Crippen LogP contribution in [0.2, 0.25) is 0 Å². The Kier molecular flexibility index (Phi) is 4.52. The van der Waals surface area contributed by atoms with Crippen LogP contribution in [0.3, 0.4) is 0 Å². The Hall–Kier alpha value is -3.16. The minimum absolute atomic E-state index is 0.360. The van der Waals surface area contributed by atoms with Gasteiger partial charge in [0.05, 0.1) is 12.8 Å². The minimum Gasteiger partial charge on any atom is -0.497 e. The van der Waals surface area contributed by atoms with Gasteiger partial charge in [-0.15, -0.1) is 0 Å². The average Bonchev–Trinajstić information content (AvgIpc) is 2.53. The molecule has 1 heterocycles. The Balaban J connectivity index is 2.35. The minimum atomic E-state index is -1.21. The first-order valence-corrected chi connectivity index (χ1v) is 6.25. The number of carboxylic acids is 1. The fourth-order valence-electron chi connectivity index (χ4n) is 1.73. The van der Waals surface area contributed by atoms with Gasteiger partial charge in [0.2, 0.25) is 0 Å². The van der Waals surface area contributed by atoms with Crippen molar-refractivity contribution in [3.8, 4) is 17.0 Å². The van der Waals surface area contributed by atoms with Gasteiger partial charge in [0.1, 0.15) is 12.3 Å². The number of carboxylic acid groups (broad SMARTS) is 1. The van der Waals surface area contributed by atoms with Crippen molar-refractivity contribution < 1.29 is 19.4 Å².